The predicted octanol–water partition coefficient (Wildman–Crippen LogP) is 1.15. The van der Waals surface area contributed by atoms with Gasteiger partial charge in [0.1, 0.15) is 0 Å². The van der Waals surface area contributed by atoms with Crippen molar-refractivity contribution in [1.82, 2.24) is 0 Å². The maximum absolute atomic E-state index is 10.9. The van der Waals surface area contributed by atoms with E-state index < -0.39 is 10.0 Å². The van der Waals surface area contributed by atoms with Crippen LogP contribution in [0, 0.1) is 0 Å². The summed E-state index contributed by atoms with van der Waals surface area (Å²) in [6, 6.07) is 6.68. The molecule has 5 heteroatoms. The van der Waals surface area contributed by atoms with Crippen molar-refractivity contribution >= 4 is 15.7 Å². The molecule has 1 aromatic rings. The van der Waals surface area contributed by atoms with Gasteiger partial charge in [0.05, 0.1) is 4.90 Å². The van der Waals surface area contributed by atoms with Crippen LogP contribution in [0.2, 0.25) is 0 Å². The van der Waals surface area contributed by atoms with E-state index in [-0.39, 0.29) is 4.90 Å². The number of hydrogen-bond acceptors (Lipinski definition) is 3. The Bertz CT molecular complexity index is 395. The SMILES string of the molecule is CC(C)Nc1ccc(S(N)(=O)=O)cc1. The minimum absolute atomic E-state index is 0.131. The van der Waals surface area contributed by atoms with Gasteiger partial charge in [0.25, 0.3) is 0 Å². The Balaban J connectivity index is 2.90. The van der Waals surface area contributed by atoms with Crippen molar-refractivity contribution in [2.75, 3.05) is 5.32 Å². The van der Waals surface area contributed by atoms with Crippen LogP contribution in [-0.4, -0.2) is 14.5 Å². The first-order valence-corrected chi connectivity index (χ1v) is 5.83. The van der Waals surface area contributed by atoms with Gasteiger partial charge in [0.2, 0.25) is 10.0 Å². The molecule has 4 nitrogen and oxygen atoms in total. The molecule has 0 aliphatic heterocycles. The third-order valence-corrected chi connectivity index (χ3v) is 2.57. The second-order valence-corrected chi connectivity index (χ2v) is 4.93. The van der Waals surface area contributed by atoms with E-state index in [1.807, 2.05) is 13.8 Å². The molecule has 78 valence electrons. The monoisotopic (exact) mass is 214 g/mol. The molecule has 0 atom stereocenters. The van der Waals surface area contributed by atoms with E-state index in [2.05, 4.69) is 5.32 Å². The van der Waals surface area contributed by atoms with E-state index in [9.17, 15) is 8.42 Å². The zero-order chi connectivity index (χ0) is 10.8. The fourth-order valence-corrected chi connectivity index (χ4v) is 1.59. The normalized spacial score (nSPS) is 11.7. The molecule has 3 N–H and O–H groups in total. The fourth-order valence-electron chi connectivity index (χ4n) is 1.07. The Morgan fingerprint density at radius 3 is 2.07 bits per heavy atom. The first kappa shape index (κ1) is 11.0. The van der Waals surface area contributed by atoms with Crippen LogP contribution in [0.4, 0.5) is 5.69 Å². The van der Waals surface area contributed by atoms with Gasteiger partial charge in [-0.3, -0.25) is 0 Å². The van der Waals surface area contributed by atoms with Crippen molar-refractivity contribution in [3.8, 4) is 0 Å². The highest BCUT2D eigenvalue weighted by Crippen LogP contribution is 2.13. The standard InChI is InChI=1S/C9H14N2O2S/c1-7(2)11-8-3-5-9(6-4-8)14(10,12)13/h3-7,11H,1-2H3,(H2,10,12,13). The minimum Gasteiger partial charge on any atom is -0.383 e. The highest BCUT2D eigenvalue weighted by molar-refractivity contribution is 7.89. The van der Waals surface area contributed by atoms with E-state index in [0.29, 0.717) is 6.04 Å². The largest absolute Gasteiger partial charge is 0.383 e. The number of rotatable bonds is 3. The number of benzene rings is 1. The summed E-state index contributed by atoms with van der Waals surface area (Å²) in [5.74, 6) is 0. The maximum atomic E-state index is 10.9. The number of nitrogens with two attached hydrogens (primary N) is 1. The Morgan fingerprint density at radius 1 is 1.21 bits per heavy atom. The molecular weight excluding hydrogens is 200 g/mol. The van der Waals surface area contributed by atoms with Crippen LogP contribution < -0.4 is 10.5 Å². The third-order valence-electron chi connectivity index (χ3n) is 1.64. The molecule has 1 aromatic carbocycles. The molecule has 14 heavy (non-hydrogen) atoms. The average Bonchev–Trinajstić information content (AvgIpc) is 2.02. The molecule has 0 unspecified atom stereocenters. The number of primary sulfonamides is 1. The van der Waals surface area contributed by atoms with E-state index in [1.54, 1.807) is 12.1 Å². The zero-order valence-electron chi connectivity index (χ0n) is 8.19. The molecule has 0 bridgehead atoms. The molecule has 0 fully saturated rings. The minimum atomic E-state index is -3.58. The van der Waals surface area contributed by atoms with Gasteiger partial charge in [-0.1, -0.05) is 0 Å². The van der Waals surface area contributed by atoms with Crippen molar-refractivity contribution < 1.29 is 8.42 Å². The van der Waals surface area contributed by atoms with Gasteiger partial charge in [0, 0.05) is 11.7 Å². The number of nitrogens with one attached hydrogen (secondary N) is 1. The van der Waals surface area contributed by atoms with Gasteiger partial charge in [0.15, 0.2) is 0 Å². The lowest BCUT2D eigenvalue weighted by molar-refractivity contribution is 0.598. The molecule has 0 saturated heterocycles. The van der Waals surface area contributed by atoms with Crippen LogP contribution in [0.15, 0.2) is 29.2 Å². The Labute approximate surface area is 84.2 Å². The summed E-state index contributed by atoms with van der Waals surface area (Å²) in [5, 5.41) is 8.11. The van der Waals surface area contributed by atoms with E-state index >= 15 is 0 Å². The van der Waals surface area contributed by atoms with Gasteiger partial charge >= 0.3 is 0 Å². The lowest BCUT2D eigenvalue weighted by Crippen LogP contribution is -2.13. The summed E-state index contributed by atoms with van der Waals surface area (Å²) in [7, 11) is -3.58. The lowest BCUT2D eigenvalue weighted by atomic mass is 10.3. The number of sulfonamides is 1. The molecule has 0 radical (unpaired) electrons. The summed E-state index contributed by atoms with van der Waals surface area (Å²) in [6.07, 6.45) is 0. The molecule has 0 spiro atoms. The molecule has 0 aliphatic rings. The first-order chi connectivity index (χ1) is 6.39. The molecule has 0 saturated carbocycles. The zero-order valence-corrected chi connectivity index (χ0v) is 9.01. The van der Waals surface area contributed by atoms with Crippen molar-refractivity contribution in [2.24, 2.45) is 5.14 Å². The molecule has 0 heterocycles. The highest BCUT2D eigenvalue weighted by atomic mass is 32.2. The summed E-state index contributed by atoms with van der Waals surface area (Å²) >= 11 is 0. The number of anilines is 1. The molecule has 0 amide bonds. The predicted molar refractivity (Wildman–Crippen MR) is 56.6 cm³/mol. The van der Waals surface area contributed by atoms with Crippen LogP contribution >= 0.6 is 0 Å². The van der Waals surface area contributed by atoms with Crippen molar-refractivity contribution in [2.45, 2.75) is 24.8 Å². The lowest BCUT2D eigenvalue weighted by Gasteiger charge is -2.09. The molecule has 1 rings (SSSR count). The average molecular weight is 214 g/mol. The Hall–Kier alpha value is -1.07. The summed E-state index contributed by atoms with van der Waals surface area (Å²) < 4.78 is 21.8. The topological polar surface area (TPSA) is 72.2 Å². The Kier molecular flexibility index (Phi) is 3.13. The van der Waals surface area contributed by atoms with Gasteiger partial charge in [-0.15, -0.1) is 0 Å². The summed E-state index contributed by atoms with van der Waals surface area (Å²) in [5.41, 5.74) is 0.882. The maximum Gasteiger partial charge on any atom is 0.238 e. The molecule has 0 aliphatic carbocycles. The van der Waals surface area contributed by atoms with E-state index in [0.717, 1.165) is 5.69 Å². The van der Waals surface area contributed by atoms with Gasteiger partial charge in [-0.05, 0) is 38.1 Å². The molecular formula is C9H14N2O2S. The van der Waals surface area contributed by atoms with Gasteiger partial charge in [-0.2, -0.15) is 0 Å². The van der Waals surface area contributed by atoms with Crippen molar-refractivity contribution in [1.29, 1.82) is 0 Å². The van der Waals surface area contributed by atoms with Crippen LogP contribution in [0.5, 0.6) is 0 Å². The number of hydrogen-bond donors (Lipinski definition) is 2. The van der Waals surface area contributed by atoms with E-state index in [4.69, 9.17) is 5.14 Å². The Morgan fingerprint density at radius 2 is 1.71 bits per heavy atom. The quantitative estimate of drug-likeness (QED) is 0.793. The second kappa shape index (κ2) is 3.98. The fraction of sp³-hybridized carbons (Fsp3) is 0.333. The van der Waals surface area contributed by atoms with Crippen LogP contribution in [0.1, 0.15) is 13.8 Å². The first-order valence-electron chi connectivity index (χ1n) is 4.29. The smallest absolute Gasteiger partial charge is 0.238 e. The van der Waals surface area contributed by atoms with Gasteiger partial charge < -0.3 is 5.32 Å². The van der Waals surface area contributed by atoms with E-state index in [1.165, 1.54) is 12.1 Å². The molecule has 0 aromatic heterocycles. The third kappa shape index (κ3) is 3.01. The summed E-state index contributed by atoms with van der Waals surface area (Å²) in [4.78, 5) is 0.131. The van der Waals surface area contributed by atoms with Crippen LogP contribution in [0.25, 0.3) is 0 Å². The van der Waals surface area contributed by atoms with Crippen molar-refractivity contribution in [3.63, 3.8) is 0 Å². The van der Waals surface area contributed by atoms with Crippen molar-refractivity contribution in [3.05, 3.63) is 24.3 Å². The van der Waals surface area contributed by atoms with Crippen LogP contribution in [-0.2, 0) is 10.0 Å². The highest BCUT2D eigenvalue weighted by Gasteiger charge is 2.06. The van der Waals surface area contributed by atoms with Gasteiger partial charge in [-0.25, -0.2) is 13.6 Å². The summed E-state index contributed by atoms with van der Waals surface area (Å²) in [6.45, 7) is 4.02. The van der Waals surface area contributed by atoms with Crippen LogP contribution in [0.3, 0.4) is 0 Å². The second-order valence-electron chi connectivity index (χ2n) is 3.37.